The van der Waals surface area contributed by atoms with Crippen LogP contribution in [0.4, 0.5) is 10.1 Å². The van der Waals surface area contributed by atoms with Gasteiger partial charge in [-0.15, -0.1) is 0 Å². The van der Waals surface area contributed by atoms with Crippen molar-refractivity contribution in [1.82, 2.24) is 0 Å². The third-order valence-electron chi connectivity index (χ3n) is 2.14. The number of nitrogens with zero attached hydrogens (tertiary/aromatic N) is 1. The molecule has 1 fully saturated rings. The Labute approximate surface area is 99.1 Å². The van der Waals surface area contributed by atoms with Crippen molar-refractivity contribution in [2.24, 2.45) is 0 Å². The minimum Gasteiger partial charge on any atom is -0.390 e. The lowest BCUT2D eigenvalue weighted by Gasteiger charge is -2.26. The molecule has 1 aliphatic rings. The van der Waals surface area contributed by atoms with Gasteiger partial charge in [0.1, 0.15) is 18.9 Å². The zero-order valence-electron chi connectivity index (χ0n) is 8.07. The number of carbonyl (C=O) groups is 2. The van der Waals surface area contributed by atoms with E-state index in [0.717, 1.165) is 0 Å². The lowest BCUT2D eigenvalue weighted by Crippen LogP contribution is -2.42. The van der Waals surface area contributed by atoms with Gasteiger partial charge in [0, 0.05) is 5.69 Å². The Kier molecular flexibility index (Phi) is 2.91. The van der Waals surface area contributed by atoms with E-state index in [1.165, 1.54) is 23.1 Å². The van der Waals surface area contributed by atoms with Gasteiger partial charge in [-0.3, -0.25) is 0 Å². The van der Waals surface area contributed by atoms with E-state index in [-0.39, 0.29) is 17.6 Å². The van der Waals surface area contributed by atoms with Gasteiger partial charge in [-0.05, 0) is 34.1 Å². The van der Waals surface area contributed by atoms with Crippen molar-refractivity contribution in [3.8, 4) is 0 Å². The molecule has 16 heavy (non-hydrogen) atoms. The molecule has 1 aromatic rings. The Balaban J connectivity index is 2.26. The highest BCUT2D eigenvalue weighted by molar-refractivity contribution is 9.10. The largest absolute Gasteiger partial charge is 0.390 e. The highest BCUT2D eigenvalue weighted by atomic mass is 79.9. The molecule has 0 saturated carbocycles. The maximum atomic E-state index is 13.0. The van der Waals surface area contributed by atoms with E-state index in [1.54, 1.807) is 0 Å². The first-order valence-electron chi connectivity index (χ1n) is 4.50. The molecule has 1 aromatic carbocycles. The molecular formula is C10H7BrFNO3. The van der Waals surface area contributed by atoms with Crippen molar-refractivity contribution < 1.29 is 18.7 Å². The van der Waals surface area contributed by atoms with Gasteiger partial charge in [0.15, 0.2) is 0 Å². The molecular weight excluding hydrogens is 281 g/mol. The van der Waals surface area contributed by atoms with E-state index < -0.39 is 17.8 Å². The van der Waals surface area contributed by atoms with Gasteiger partial charge < -0.3 is 9.64 Å². The molecule has 0 N–H and O–H groups in total. The third-order valence-corrected chi connectivity index (χ3v) is 2.74. The Morgan fingerprint density at radius 2 is 1.88 bits per heavy atom. The second-order valence-electron chi connectivity index (χ2n) is 3.30. The number of ether oxygens (including phenoxy) is 1. The van der Waals surface area contributed by atoms with Crippen molar-refractivity contribution in [3.05, 3.63) is 28.5 Å². The summed E-state index contributed by atoms with van der Waals surface area (Å²) < 4.78 is 17.7. The van der Waals surface area contributed by atoms with Gasteiger partial charge in [0.25, 0.3) is 0 Å². The second-order valence-corrected chi connectivity index (χ2v) is 4.15. The number of rotatable bonds is 1. The SMILES string of the molecule is O=C1CN(c2ccc(F)c(Br)c2)CC(=O)O1. The number of benzene rings is 1. The van der Waals surface area contributed by atoms with E-state index in [2.05, 4.69) is 20.7 Å². The molecule has 0 aliphatic carbocycles. The molecule has 0 bridgehead atoms. The lowest BCUT2D eigenvalue weighted by molar-refractivity contribution is -0.160. The highest BCUT2D eigenvalue weighted by Gasteiger charge is 2.25. The molecule has 1 heterocycles. The number of carbonyl (C=O) groups excluding carboxylic acids is 2. The molecule has 0 amide bonds. The van der Waals surface area contributed by atoms with Gasteiger partial charge >= 0.3 is 11.9 Å². The van der Waals surface area contributed by atoms with Crippen LogP contribution in [-0.2, 0) is 14.3 Å². The predicted octanol–water partition coefficient (Wildman–Crippen LogP) is 1.48. The van der Waals surface area contributed by atoms with Crippen LogP contribution in [0.2, 0.25) is 0 Å². The van der Waals surface area contributed by atoms with Crippen LogP contribution in [0.15, 0.2) is 22.7 Å². The lowest BCUT2D eigenvalue weighted by atomic mass is 10.2. The minimum absolute atomic E-state index is 0.0101. The van der Waals surface area contributed by atoms with Crippen LogP contribution in [0, 0.1) is 5.82 Å². The summed E-state index contributed by atoms with van der Waals surface area (Å²) in [6.45, 7) is -0.0202. The van der Waals surface area contributed by atoms with Gasteiger partial charge in [-0.25, -0.2) is 14.0 Å². The number of morpholine rings is 1. The van der Waals surface area contributed by atoms with Gasteiger partial charge in [0.2, 0.25) is 0 Å². The second kappa shape index (κ2) is 4.21. The Morgan fingerprint density at radius 1 is 1.25 bits per heavy atom. The maximum absolute atomic E-state index is 13.0. The maximum Gasteiger partial charge on any atom is 0.333 e. The van der Waals surface area contributed by atoms with Crippen LogP contribution in [-0.4, -0.2) is 25.0 Å². The van der Waals surface area contributed by atoms with Crippen LogP contribution in [0.25, 0.3) is 0 Å². The smallest absolute Gasteiger partial charge is 0.333 e. The van der Waals surface area contributed by atoms with Crippen molar-refractivity contribution in [1.29, 1.82) is 0 Å². The highest BCUT2D eigenvalue weighted by Crippen LogP contribution is 2.23. The van der Waals surface area contributed by atoms with E-state index >= 15 is 0 Å². The van der Waals surface area contributed by atoms with Crippen LogP contribution < -0.4 is 4.90 Å². The van der Waals surface area contributed by atoms with E-state index in [0.29, 0.717) is 5.69 Å². The van der Waals surface area contributed by atoms with Crippen LogP contribution in [0.5, 0.6) is 0 Å². The zero-order chi connectivity index (χ0) is 11.7. The Bertz CT molecular complexity index is 447. The van der Waals surface area contributed by atoms with E-state index in [9.17, 15) is 14.0 Å². The standard InChI is InChI=1S/C10H7BrFNO3/c11-7-3-6(1-2-8(7)12)13-4-9(14)16-10(15)5-13/h1-3H,4-5H2. The Hall–Kier alpha value is -1.43. The first-order chi connectivity index (χ1) is 7.56. The third kappa shape index (κ3) is 2.21. The summed E-state index contributed by atoms with van der Waals surface area (Å²) in [6.07, 6.45) is 0. The normalized spacial score (nSPS) is 16.2. The minimum atomic E-state index is -0.600. The molecule has 0 aromatic heterocycles. The average molecular weight is 288 g/mol. The number of anilines is 1. The molecule has 1 aliphatic heterocycles. The molecule has 0 unspecified atom stereocenters. The molecule has 1 saturated heterocycles. The van der Waals surface area contributed by atoms with Crippen molar-refractivity contribution in [3.63, 3.8) is 0 Å². The summed E-state index contributed by atoms with van der Waals surface area (Å²) in [5.74, 6) is -1.59. The number of halogens is 2. The topological polar surface area (TPSA) is 46.6 Å². The van der Waals surface area contributed by atoms with Crippen molar-refractivity contribution >= 4 is 33.6 Å². The fourth-order valence-corrected chi connectivity index (χ4v) is 1.79. The van der Waals surface area contributed by atoms with Gasteiger partial charge in [-0.2, -0.15) is 0 Å². The summed E-state index contributed by atoms with van der Waals surface area (Å²) in [6, 6.07) is 4.29. The number of hydrogen-bond donors (Lipinski definition) is 0. The first-order valence-corrected chi connectivity index (χ1v) is 5.29. The van der Waals surface area contributed by atoms with Crippen molar-refractivity contribution in [2.75, 3.05) is 18.0 Å². The summed E-state index contributed by atoms with van der Waals surface area (Å²) in [5.41, 5.74) is 0.596. The molecule has 0 atom stereocenters. The van der Waals surface area contributed by atoms with E-state index in [1.807, 2.05) is 0 Å². The van der Waals surface area contributed by atoms with Crippen LogP contribution >= 0.6 is 15.9 Å². The number of esters is 2. The zero-order valence-corrected chi connectivity index (χ0v) is 9.66. The fraction of sp³-hybridized carbons (Fsp3) is 0.200. The summed E-state index contributed by atoms with van der Waals surface area (Å²) in [5, 5.41) is 0. The molecule has 2 rings (SSSR count). The molecule has 0 spiro atoms. The number of hydrogen-bond acceptors (Lipinski definition) is 4. The monoisotopic (exact) mass is 287 g/mol. The molecule has 6 heteroatoms. The number of cyclic esters (lactones) is 2. The van der Waals surface area contributed by atoms with Crippen LogP contribution in [0.3, 0.4) is 0 Å². The van der Waals surface area contributed by atoms with Gasteiger partial charge in [0.05, 0.1) is 4.47 Å². The predicted molar refractivity (Wildman–Crippen MR) is 57.4 cm³/mol. The quantitative estimate of drug-likeness (QED) is 0.580. The van der Waals surface area contributed by atoms with Crippen LogP contribution in [0.1, 0.15) is 0 Å². The summed E-state index contributed by atoms with van der Waals surface area (Å²) in [7, 11) is 0. The molecule has 84 valence electrons. The Morgan fingerprint density at radius 3 is 2.44 bits per heavy atom. The van der Waals surface area contributed by atoms with Crippen molar-refractivity contribution in [2.45, 2.75) is 0 Å². The fourth-order valence-electron chi connectivity index (χ4n) is 1.42. The molecule has 4 nitrogen and oxygen atoms in total. The molecule has 0 radical (unpaired) electrons. The van der Waals surface area contributed by atoms with Gasteiger partial charge in [-0.1, -0.05) is 0 Å². The summed E-state index contributed by atoms with van der Waals surface area (Å²) >= 11 is 3.04. The average Bonchev–Trinajstić information content (AvgIpc) is 2.20. The summed E-state index contributed by atoms with van der Waals surface area (Å²) in [4.78, 5) is 23.6. The first kappa shape index (κ1) is 11.1. The van der Waals surface area contributed by atoms with E-state index in [4.69, 9.17) is 0 Å².